The van der Waals surface area contributed by atoms with Crippen LogP contribution in [0.25, 0.3) is 0 Å². The van der Waals surface area contributed by atoms with Crippen molar-refractivity contribution in [2.75, 3.05) is 13.1 Å². The van der Waals surface area contributed by atoms with E-state index in [0.717, 1.165) is 60.6 Å². The number of carbonyl (C=O) groups is 1. The van der Waals surface area contributed by atoms with Crippen molar-refractivity contribution in [3.8, 4) is 0 Å². The number of nitrogens with zero attached hydrogens (tertiary/aromatic N) is 3. The van der Waals surface area contributed by atoms with Crippen LogP contribution in [-0.4, -0.2) is 34.0 Å². The van der Waals surface area contributed by atoms with Gasteiger partial charge in [-0.25, -0.2) is 4.68 Å². The summed E-state index contributed by atoms with van der Waals surface area (Å²) in [6, 6.07) is 6.19. The van der Waals surface area contributed by atoms with Gasteiger partial charge in [0.25, 0.3) is 5.91 Å². The summed E-state index contributed by atoms with van der Waals surface area (Å²) in [5.41, 5.74) is 3.52. The van der Waals surface area contributed by atoms with Crippen molar-refractivity contribution in [1.29, 1.82) is 0 Å². The second-order valence-corrected chi connectivity index (χ2v) is 7.23. The highest BCUT2D eigenvalue weighted by atomic mass is 35.5. The molecule has 1 amide bonds. The van der Waals surface area contributed by atoms with Gasteiger partial charge < -0.3 is 10.6 Å². The summed E-state index contributed by atoms with van der Waals surface area (Å²) in [5, 5.41) is 15.6. The molecule has 2 heterocycles. The van der Waals surface area contributed by atoms with E-state index < -0.39 is 0 Å². The monoisotopic (exact) mass is 395 g/mol. The first kappa shape index (κ1) is 19.1. The molecule has 1 unspecified atom stereocenters. The maximum absolute atomic E-state index is 12.7. The molecular formula is C18H23Cl2N5O. The van der Waals surface area contributed by atoms with Gasteiger partial charge in [-0.15, -0.1) is 17.5 Å². The average Bonchev–Trinajstić information content (AvgIpc) is 3.20. The Balaban J connectivity index is 0.00000196. The Morgan fingerprint density at radius 3 is 2.85 bits per heavy atom. The van der Waals surface area contributed by atoms with Crippen molar-refractivity contribution in [2.45, 2.75) is 44.7 Å². The zero-order chi connectivity index (χ0) is 17.4. The molecule has 140 valence electrons. The standard InChI is InChI=1S/C18H22ClN5O.ClH/c1-11-17(22-23-24(11)12-7-9-20-10-8-12)18(25)21-16-6-5-13-14(16)3-2-4-15(13)19;/h2-4,12,16,20H,5-10H2,1H3,(H,21,25);1H. The molecule has 2 N–H and O–H groups in total. The molecule has 4 rings (SSSR count). The van der Waals surface area contributed by atoms with Crippen LogP contribution in [0.4, 0.5) is 0 Å². The van der Waals surface area contributed by atoms with Gasteiger partial charge in [0.2, 0.25) is 0 Å². The van der Waals surface area contributed by atoms with Crippen LogP contribution in [0.2, 0.25) is 5.02 Å². The molecule has 26 heavy (non-hydrogen) atoms. The van der Waals surface area contributed by atoms with Crippen LogP contribution in [0.5, 0.6) is 0 Å². The lowest BCUT2D eigenvalue weighted by Gasteiger charge is -2.23. The number of carbonyl (C=O) groups excluding carboxylic acids is 1. The number of benzene rings is 1. The second kappa shape index (κ2) is 7.94. The molecule has 6 nitrogen and oxygen atoms in total. The van der Waals surface area contributed by atoms with Gasteiger partial charge in [-0.2, -0.15) is 0 Å². The fourth-order valence-corrected chi connectivity index (χ4v) is 4.21. The van der Waals surface area contributed by atoms with E-state index in [-0.39, 0.29) is 24.4 Å². The van der Waals surface area contributed by atoms with Crippen molar-refractivity contribution in [3.05, 3.63) is 45.7 Å². The Labute approximate surface area is 164 Å². The molecule has 2 aliphatic rings. The Bertz CT molecular complexity index is 801. The normalized spacial score (nSPS) is 19.7. The number of amides is 1. The molecule has 0 bridgehead atoms. The van der Waals surface area contributed by atoms with Gasteiger partial charge in [-0.3, -0.25) is 4.79 Å². The fourth-order valence-electron chi connectivity index (χ4n) is 3.93. The summed E-state index contributed by atoms with van der Waals surface area (Å²) in [6.07, 6.45) is 3.78. The third kappa shape index (κ3) is 3.46. The van der Waals surface area contributed by atoms with E-state index in [1.807, 2.05) is 29.8 Å². The average molecular weight is 396 g/mol. The van der Waals surface area contributed by atoms with Gasteiger partial charge in [0.15, 0.2) is 5.69 Å². The lowest BCUT2D eigenvalue weighted by Crippen LogP contribution is -2.31. The number of nitrogens with one attached hydrogen (secondary N) is 2. The zero-order valence-electron chi connectivity index (χ0n) is 14.7. The third-order valence-corrected chi connectivity index (χ3v) is 5.67. The Morgan fingerprint density at radius 1 is 1.31 bits per heavy atom. The predicted octanol–water partition coefficient (Wildman–Crippen LogP) is 3.00. The second-order valence-electron chi connectivity index (χ2n) is 6.82. The number of rotatable bonds is 3. The Morgan fingerprint density at radius 2 is 2.08 bits per heavy atom. The zero-order valence-corrected chi connectivity index (χ0v) is 16.2. The van der Waals surface area contributed by atoms with Gasteiger partial charge in [-0.05, 0) is 62.9 Å². The molecular weight excluding hydrogens is 373 g/mol. The van der Waals surface area contributed by atoms with Gasteiger partial charge in [0.1, 0.15) is 0 Å². The topological polar surface area (TPSA) is 71.8 Å². The van der Waals surface area contributed by atoms with E-state index in [2.05, 4.69) is 20.9 Å². The summed E-state index contributed by atoms with van der Waals surface area (Å²) < 4.78 is 1.91. The molecule has 1 aromatic carbocycles. The van der Waals surface area contributed by atoms with Crippen LogP contribution in [0.1, 0.15) is 58.7 Å². The van der Waals surface area contributed by atoms with E-state index in [1.54, 1.807) is 0 Å². The minimum atomic E-state index is -0.157. The van der Waals surface area contributed by atoms with E-state index in [9.17, 15) is 4.79 Å². The van der Waals surface area contributed by atoms with Crippen LogP contribution in [0, 0.1) is 6.92 Å². The van der Waals surface area contributed by atoms with E-state index in [0.29, 0.717) is 11.7 Å². The van der Waals surface area contributed by atoms with E-state index in [1.165, 1.54) is 0 Å². The van der Waals surface area contributed by atoms with Crippen LogP contribution in [0.3, 0.4) is 0 Å². The third-order valence-electron chi connectivity index (χ3n) is 5.32. The first-order chi connectivity index (χ1) is 12.1. The van der Waals surface area contributed by atoms with Gasteiger partial charge in [-0.1, -0.05) is 28.9 Å². The molecule has 0 saturated carbocycles. The number of hydrogen-bond donors (Lipinski definition) is 2. The highest BCUT2D eigenvalue weighted by Gasteiger charge is 2.28. The predicted molar refractivity (Wildman–Crippen MR) is 103 cm³/mol. The van der Waals surface area contributed by atoms with Crippen LogP contribution in [-0.2, 0) is 6.42 Å². The molecule has 1 aromatic heterocycles. The Kier molecular flexibility index (Phi) is 5.85. The highest BCUT2D eigenvalue weighted by molar-refractivity contribution is 6.31. The lowest BCUT2D eigenvalue weighted by molar-refractivity contribution is 0.0931. The van der Waals surface area contributed by atoms with Gasteiger partial charge in [0, 0.05) is 5.02 Å². The van der Waals surface area contributed by atoms with E-state index in [4.69, 9.17) is 11.6 Å². The molecule has 1 fully saturated rings. The molecule has 1 aliphatic carbocycles. The smallest absolute Gasteiger partial charge is 0.274 e. The maximum atomic E-state index is 12.7. The summed E-state index contributed by atoms with van der Waals surface area (Å²) in [5.74, 6) is -0.157. The fraction of sp³-hybridized carbons (Fsp3) is 0.500. The lowest BCUT2D eigenvalue weighted by atomic mass is 10.1. The van der Waals surface area contributed by atoms with Crippen molar-refractivity contribution < 1.29 is 4.79 Å². The quantitative estimate of drug-likeness (QED) is 0.837. The summed E-state index contributed by atoms with van der Waals surface area (Å²) in [6.45, 7) is 3.88. The molecule has 1 atom stereocenters. The molecule has 2 aromatic rings. The van der Waals surface area contributed by atoms with Crippen molar-refractivity contribution >= 4 is 29.9 Å². The van der Waals surface area contributed by atoms with Crippen molar-refractivity contribution in [1.82, 2.24) is 25.6 Å². The first-order valence-corrected chi connectivity index (χ1v) is 9.23. The number of aromatic nitrogens is 3. The number of fused-ring (bicyclic) bond motifs is 1. The molecule has 1 aliphatic heterocycles. The maximum Gasteiger partial charge on any atom is 0.274 e. The molecule has 0 spiro atoms. The van der Waals surface area contributed by atoms with Crippen LogP contribution in [0.15, 0.2) is 18.2 Å². The van der Waals surface area contributed by atoms with Crippen molar-refractivity contribution in [3.63, 3.8) is 0 Å². The number of halogens is 2. The molecule has 0 radical (unpaired) electrons. The molecule has 1 saturated heterocycles. The van der Waals surface area contributed by atoms with E-state index >= 15 is 0 Å². The van der Waals surface area contributed by atoms with Gasteiger partial charge >= 0.3 is 0 Å². The largest absolute Gasteiger partial charge is 0.344 e. The van der Waals surface area contributed by atoms with Gasteiger partial charge in [0.05, 0.1) is 17.8 Å². The van der Waals surface area contributed by atoms with Crippen LogP contribution < -0.4 is 10.6 Å². The highest BCUT2D eigenvalue weighted by Crippen LogP contribution is 2.35. The Hall–Kier alpha value is -1.63. The summed E-state index contributed by atoms with van der Waals surface area (Å²) in [4.78, 5) is 12.7. The SMILES string of the molecule is Cc1c(C(=O)NC2CCc3c(Cl)cccc32)nnn1C1CCNCC1.Cl. The number of hydrogen-bond acceptors (Lipinski definition) is 4. The minimum absolute atomic E-state index is 0. The molecule has 8 heteroatoms. The van der Waals surface area contributed by atoms with Crippen LogP contribution >= 0.6 is 24.0 Å². The summed E-state index contributed by atoms with van der Waals surface area (Å²) in [7, 11) is 0. The number of piperidine rings is 1. The first-order valence-electron chi connectivity index (χ1n) is 8.86. The van der Waals surface area contributed by atoms with Crippen molar-refractivity contribution in [2.24, 2.45) is 0 Å². The minimum Gasteiger partial charge on any atom is -0.344 e. The summed E-state index contributed by atoms with van der Waals surface area (Å²) >= 11 is 6.26.